The summed E-state index contributed by atoms with van der Waals surface area (Å²) in [6.45, 7) is 2.11. The van der Waals surface area contributed by atoms with Crippen LogP contribution >= 0.6 is 12.2 Å². The van der Waals surface area contributed by atoms with Crippen LogP contribution in [0.2, 0.25) is 0 Å². The van der Waals surface area contributed by atoms with Crippen LogP contribution in [-0.4, -0.2) is 12.2 Å². The van der Waals surface area contributed by atoms with Crippen molar-refractivity contribution in [2.24, 2.45) is 0 Å². The van der Waals surface area contributed by atoms with Crippen molar-refractivity contribution in [2.45, 2.75) is 25.8 Å². The van der Waals surface area contributed by atoms with Crippen molar-refractivity contribution >= 4 is 23.0 Å². The minimum Gasteiger partial charge on any atom is -0.497 e. The van der Waals surface area contributed by atoms with Gasteiger partial charge in [-0.1, -0.05) is 35.9 Å². The van der Waals surface area contributed by atoms with Crippen LogP contribution in [0.25, 0.3) is 5.70 Å². The van der Waals surface area contributed by atoms with Gasteiger partial charge >= 0.3 is 0 Å². The molecule has 122 valence electrons. The maximum absolute atomic E-state index is 5.48. The van der Waals surface area contributed by atoms with Gasteiger partial charge < -0.3 is 15.4 Å². The van der Waals surface area contributed by atoms with Crippen molar-refractivity contribution in [3.63, 3.8) is 0 Å². The Kier molecular flexibility index (Phi) is 3.77. The van der Waals surface area contributed by atoms with E-state index in [2.05, 4.69) is 54.0 Å². The minimum atomic E-state index is 0.133. The molecule has 0 unspecified atom stereocenters. The van der Waals surface area contributed by atoms with E-state index in [-0.39, 0.29) is 6.04 Å². The van der Waals surface area contributed by atoms with Crippen molar-refractivity contribution in [1.29, 1.82) is 0 Å². The van der Waals surface area contributed by atoms with Gasteiger partial charge in [-0.15, -0.1) is 0 Å². The molecule has 24 heavy (non-hydrogen) atoms. The SMILES string of the molecule is COc1ccc2c(c1)C1=C(CC2)[C@H](c2ccc(C)cc2)NC(=S)N1. The summed E-state index contributed by atoms with van der Waals surface area (Å²) in [7, 11) is 1.70. The first-order valence-corrected chi connectivity index (χ1v) is 8.61. The number of aryl methyl sites for hydroxylation is 2. The normalized spacial score (nSPS) is 19.1. The number of methoxy groups -OCH3 is 1. The van der Waals surface area contributed by atoms with Crippen molar-refractivity contribution in [1.82, 2.24) is 10.6 Å². The molecule has 2 aromatic carbocycles. The fourth-order valence-electron chi connectivity index (χ4n) is 3.55. The summed E-state index contributed by atoms with van der Waals surface area (Å²) in [6, 6.07) is 15.1. The fraction of sp³-hybridized carbons (Fsp3) is 0.250. The largest absolute Gasteiger partial charge is 0.497 e. The highest BCUT2D eigenvalue weighted by molar-refractivity contribution is 7.80. The van der Waals surface area contributed by atoms with Gasteiger partial charge in [-0.05, 0) is 60.8 Å². The van der Waals surface area contributed by atoms with Gasteiger partial charge in [0, 0.05) is 11.3 Å². The number of nitrogens with one attached hydrogen (secondary N) is 2. The number of ether oxygens (including phenoxy) is 1. The van der Waals surface area contributed by atoms with Gasteiger partial charge in [-0.3, -0.25) is 0 Å². The molecule has 0 saturated heterocycles. The van der Waals surface area contributed by atoms with Crippen LogP contribution in [0.15, 0.2) is 48.0 Å². The Morgan fingerprint density at radius 2 is 1.88 bits per heavy atom. The number of hydrogen-bond acceptors (Lipinski definition) is 2. The lowest BCUT2D eigenvalue weighted by atomic mass is 9.82. The second-order valence-corrected chi connectivity index (χ2v) is 6.77. The molecule has 0 fully saturated rings. The molecule has 2 N–H and O–H groups in total. The summed E-state index contributed by atoms with van der Waals surface area (Å²) in [5.41, 5.74) is 7.58. The standard InChI is InChI=1S/C20H20N2OS/c1-12-3-5-14(6-4-12)18-16-10-8-13-7-9-15(23-2)11-17(13)19(16)22-20(24)21-18/h3-7,9,11,18H,8,10H2,1-2H3,(H2,21,22,24)/t18-/m0/s1. The van der Waals surface area contributed by atoms with Crippen LogP contribution < -0.4 is 15.4 Å². The Morgan fingerprint density at radius 3 is 2.62 bits per heavy atom. The Bertz CT molecular complexity index is 839. The maximum atomic E-state index is 5.48. The Labute approximate surface area is 147 Å². The van der Waals surface area contributed by atoms with Crippen molar-refractivity contribution < 1.29 is 4.74 Å². The van der Waals surface area contributed by atoms with Crippen LogP contribution in [-0.2, 0) is 6.42 Å². The molecule has 1 heterocycles. The molecule has 4 rings (SSSR count). The molecule has 4 heteroatoms. The predicted octanol–water partition coefficient (Wildman–Crippen LogP) is 3.88. The summed E-state index contributed by atoms with van der Waals surface area (Å²) < 4.78 is 5.41. The maximum Gasteiger partial charge on any atom is 0.171 e. The van der Waals surface area contributed by atoms with Crippen molar-refractivity contribution in [3.05, 3.63) is 70.3 Å². The van der Waals surface area contributed by atoms with Gasteiger partial charge in [0.1, 0.15) is 5.75 Å². The lowest BCUT2D eigenvalue weighted by Crippen LogP contribution is -2.44. The Hall–Kier alpha value is -2.33. The average Bonchev–Trinajstić information content (AvgIpc) is 2.61. The Balaban J connectivity index is 1.83. The molecule has 0 bridgehead atoms. The third kappa shape index (κ3) is 2.57. The molecule has 0 spiro atoms. The third-order valence-electron chi connectivity index (χ3n) is 4.84. The zero-order valence-corrected chi connectivity index (χ0v) is 14.7. The lowest BCUT2D eigenvalue weighted by Gasteiger charge is -2.36. The van der Waals surface area contributed by atoms with E-state index in [9.17, 15) is 0 Å². The molecular weight excluding hydrogens is 316 g/mol. The van der Waals surface area contributed by atoms with E-state index in [0.29, 0.717) is 5.11 Å². The highest BCUT2D eigenvalue weighted by Crippen LogP contribution is 2.39. The summed E-state index contributed by atoms with van der Waals surface area (Å²) in [5, 5.41) is 7.50. The van der Waals surface area contributed by atoms with Crippen LogP contribution in [0.1, 0.15) is 34.7 Å². The number of hydrogen-bond donors (Lipinski definition) is 2. The van der Waals surface area contributed by atoms with E-state index in [1.807, 2.05) is 6.07 Å². The smallest absolute Gasteiger partial charge is 0.171 e. The topological polar surface area (TPSA) is 33.3 Å². The average molecular weight is 336 g/mol. The van der Waals surface area contributed by atoms with E-state index in [1.54, 1.807) is 7.11 Å². The quantitative estimate of drug-likeness (QED) is 0.816. The third-order valence-corrected chi connectivity index (χ3v) is 5.06. The minimum absolute atomic E-state index is 0.133. The first-order valence-electron chi connectivity index (χ1n) is 8.20. The number of benzene rings is 2. The molecule has 0 aromatic heterocycles. The first kappa shape index (κ1) is 15.2. The first-order chi connectivity index (χ1) is 11.7. The summed E-state index contributed by atoms with van der Waals surface area (Å²) in [4.78, 5) is 0. The number of rotatable bonds is 2. The second kappa shape index (κ2) is 5.95. The summed E-state index contributed by atoms with van der Waals surface area (Å²) in [5.74, 6) is 0.876. The second-order valence-electron chi connectivity index (χ2n) is 6.37. The summed E-state index contributed by atoms with van der Waals surface area (Å²) >= 11 is 5.48. The zero-order valence-electron chi connectivity index (χ0n) is 13.8. The molecule has 1 aliphatic heterocycles. The van der Waals surface area contributed by atoms with Crippen molar-refractivity contribution in [3.8, 4) is 5.75 Å². The molecule has 2 aliphatic rings. The van der Waals surface area contributed by atoms with Gasteiger partial charge in [0.05, 0.1) is 13.2 Å². The monoisotopic (exact) mass is 336 g/mol. The van der Waals surface area contributed by atoms with E-state index in [4.69, 9.17) is 17.0 Å². The molecule has 1 atom stereocenters. The number of fused-ring (bicyclic) bond motifs is 2. The highest BCUT2D eigenvalue weighted by Gasteiger charge is 2.30. The van der Waals surface area contributed by atoms with E-state index in [1.165, 1.54) is 27.8 Å². The van der Waals surface area contributed by atoms with Gasteiger partial charge in [-0.25, -0.2) is 0 Å². The van der Waals surface area contributed by atoms with E-state index < -0.39 is 0 Å². The van der Waals surface area contributed by atoms with Crippen LogP contribution in [0.4, 0.5) is 0 Å². The van der Waals surface area contributed by atoms with Gasteiger partial charge in [0.25, 0.3) is 0 Å². The fourth-order valence-corrected chi connectivity index (χ4v) is 3.77. The summed E-state index contributed by atoms with van der Waals surface area (Å²) in [6.07, 6.45) is 2.06. The molecule has 0 saturated carbocycles. The van der Waals surface area contributed by atoms with Gasteiger partial charge in [0.2, 0.25) is 0 Å². The molecule has 3 nitrogen and oxygen atoms in total. The lowest BCUT2D eigenvalue weighted by molar-refractivity contribution is 0.414. The van der Waals surface area contributed by atoms with E-state index in [0.717, 1.165) is 24.3 Å². The molecule has 2 aromatic rings. The molecular formula is C20H20N2OS. The van der Waals surface area contributed by atoms with Gasteiger partial charge in [-0.2, -0.15) is 0 Å². The molecule has 1 aliphatic carbocycles. The van der Waals surface area contributed by atoms with Crippen LogP contribution in [0.5, 0.6) is 5.75 Å². The molecule has 0 radical (unpaired) electrons. The number of thiocarbonyl (C=S) groups is 1. The predicted molar refractivity (Wildman–Crippen MR) is 101 cm³/mol. The van der Waals surface area contributed by atoms with Crippen LogP contribution in [0.3, 0.4) is 0 Å². The van der Waals surface area contributed by atoms with E-state index >= 15 is 0 Å². The van der Waals surface area contributed by atoms with Gasteiger partial charge in [0.15, 0.2) is 5.11 Å². The van der Waals surface area contributed by atoms with Crippen molar-refractivity contribution in [2.75, 3.05) is 7.11 Å². The van der Waals surface area contributed by atoms with Crippen LogP contribution in [0, 0.1) is 6.92 Å². The highest BCUT2D eigenvalue weighted by atomic mass is 32.1. The molecule has 0 amide bonds. The zero-order chi connectivity index (χ0) is 16.7. The Morgan fingerprint density at radius 1 is 1.08 bits per heavy atom.